The lowest BCUT2D eigenvalue weighted by molar-refractivity contribution is -0.153. The number of ether oxygens (including phenoxy) is 1. The molecule has 33 heavy (non-hydrogen) atoms. The molecule has 0 saturated carbocycles. The van der Waals surface area contributed by atoms with E-state index in [1.54, 1.807) is 24.2 Å². The first-order valence-corrected chi connectivity index (χ1v) is 10.8. The van der Waals surface area contributed by atoms with Crippen LogP contribution in [-0.2, 0) is 19.2 Å². The summed E-state index contributed by atoms with van der Waals surface area (Å²) in [5.41, 5.74) is 12.5. The number of amidine groups is 1. The van der Waals surface area contributed by atoms with Gasteiger partial charge >= 0.3 is 12.1 Å². The number of ketones is 1. The van der Waals surface area contributed by atoms with Crippen molar-refractivity contribution >= 4 is 23.7 Å². The smallest absolute Gasteiger partial charge is 0.410 e. The fourth-order valence-electron chi connectivity index (χ4n) is 3.68. The van der Waals surface area contributed by atoms with Gasteiger partial charge in [0.1, 0.15) is 17.7 Å². The largest absolute Gasteiger partial charge is 0.480 e. The molecule has 182 valence electrons. The second-order valence-corrected chi connectivity index (χ2v) is 8.08. The van der Waals surface area contributed by atoms with E-state index in [2.05, 4.69) is 0 Å². The Kier molecular flexibility index (Phi) is 9.76. The number of carboxylic acid groups (broad SMARTS) is 1. The SMILES string of the molecule is CN1O[C@@H](CC(=O)C[C@@H](C(=O)O)N(C)C(=O)OCCCCN)C[C@H]1c1ccc(C(=N)N)cc1. The normalized spacial score (nSPS) is 19.1. The van der Waals surface area contributed by atoms with Gasteiger partial charge < -0.3 is 21.3 Å². The molecule has 1 heterocycles. The number of carbonyl (C=O) groups excluding carboxylic acids is 2. The molecule has 11 nitrogen and oxygen atoms in total. The third-order valence-corrected chi connectivity index (χ3v) is 5.59. The Morgan fingerprint density at radius 1 is 1.30 bits per heavy atom. The minimum atomic E-state index is -1.33. The van der Waals surface area contributed by atoms with E-state index in [0.717, 1.165) is 10.5 Å². The Labute approximate surface area is 193 Å². The summed E-state index contributed by atoms with van der Waals surface area (Å²) in [5.74, 6) is -1.62. The standard InChI is InChI=1S/C22H33N5O6/c1-26(22(31)32-10-4-3-9-23)19(21(29)30)12-16(28)11-17-13-18(27(2)33-17)14-5-7-15(8-6-14)20(24)25/h5-8,17-19H,3-4,9-13,23H2,1-2H3,(H3,24,25)(H,29,30)/t17-,18-,19-/m0/s1. The minimum Gasteiger partial charge on any atom is -0.480 e. The number of unbranched alkanes of at least 4 members (excludes halogenated alkanes) is 1. The van der Waals surface area contributed by atoms with Gasteiger partial charge in [0, 0.05) is 32.5 Å². The van der Waals surface area contributed by atoms with Crippen LogP contribution in [0.5, 0.6) is 0 Å². The second-order valence-electron chi connectivity index (χ2n) is 8.08. The molecule has 0 spiro atoms. The van der Waals surface area contributed by atoms with Crippen molar-refractivity contribution in [2.45, 2.75) is 50.3 Å². The number of amides is 1. The van der Waals surface area contributed by atoms with Crippen molar-refractivity contribution in [3.05, 3.63) is 35.4 Å². The number of hydrogen-bond acceptors (Lipinski definition) is 8. The summed E-state index contributed by atoms with van der Waals surface area (Å²) >= 11 is 0. The number of likely N-dealkylation sites (N-methyl/N-ethyl adjacent to an activating group) is 1. The van der Waals surface area contributed by atoms with Crippen LogP contribution in [0, 0.1) is 5.41 Å². The molecular weight excluding hydrogens is 430 g/mol. The quantitative estimate of drug-likeness (QED) is 0.202. The molecule has 1 amide bonds. The fourth-order valence-corrected chi connectivity index (χ4v) is 3.68. The third-order valence-electron chi connectivity index (χ3n) is 5.59. The number of benzene rings is 1. The molecule has 1 aliphatic heterocycles. The number of aliphatic carboxylic acids is 1. The van der Waals surface area contributed by atoms with E-state index in [0.29, 0.717) is 31.4 Å². The van der Waals surface area contributed by atoms with E-state index in [4.69, 9.17) is 26.5 Å². The molecule has 2 rings (SSSR count). The number of nitrogens with zero attached hydrogens (tertiary/aromatic N) is 2. The van der Waals surface area contributed by atoms with Crippen molar-refractivity contribution in [1.82, 2.24) is 9.96 Å². The highest BCUT2D eigenvalue weighted by atomic mass is 16.7. The van der Waals surface area contributed by atoms with E-state index in [-0.39, 0.29) is 37.1 Å². The summed E-state index contributed by atoms with van der Waals surface area (Å²) in [6.45, 7) is 0.611. The predicted octanol–water partition coefficient (Wildman–Crippen LogP) is 1.26. The summed E-state index contributed by atoms with van der Waals surface area (Å²) < 4.78 is 5.06. The number of carbonyl (C=O) groups is 3. The van der Waals surface area contributed by atoms with E-state index >= 15 is 0 Å². The van der Waals surface area contributed by atoms with Gasteiger partial charge in [-0.1, -0.05) is 24.3 Å². The molecular formula is C22H33N5O6. The van der Waals surface area contributed by atoms with Crippen LogP contribution in [0.3, 0.4) is 0 Å². The monoisotopic (exact) mass is 463 g/mol. The molecule has 1 saturated heterocycles. The van der Waals surface area contributed by atoms with Crippen LogP contribution in [0.4, 0.5) is 4.79 Å². The van der Waals surface area contributed by atoms with Crippen molar-refractivity contribution < 1.29 is 29.1 Å². The average molecular weight is 464 g/mol. The second kappa shape index (κ2) is 12.3. The number of rotatable bonds is 12. The first-order valence-electron chi connectivity index (χ1n) is 10.8. The van der Waals surface area contributed by atoms with Gasteiger partial charge in [-0.25, -0.2) is 9.59 Å². The first-order chi connectivity index (χ1) is 15.6. The van der Waals surface area contributed by atoms with Crippen molar-refractivity contribution in [2.75, 3.05) is 27.2 Å². The van der Waals surface area contributed by atoms with E-state index < -0.39 is 24.2 Å². The highest BCUT2D eigenvalue weighted by Crippen LogP contribution is 2.34. The zero-order valence-corrected chi connectivity index (χ0v) is 19.0. The van der Waals surface area contributed by atoms with E-state index in [9.17, 15) is 19.5 Å². The summed E-state index contributed by atoms with van der Waals surface area (Å²) in [6, 6.07) is 5.82. The molecule has 0 radical (unpaired) electrons. The molecule has 11 heteroatoms. The number of nitrogens with one attached hydrogen (secondary N) is 1. The average Bonchev–Trinajstić information content (AvgIpc) is 3.13. The van der Waals surface area contributed by atoms with Gasteiger partial charge in [-0.3, -0.25) is 19.9 Å². The maximum atomic E-state index is 12.6. The molecule has 1 aromatic carbocycles. The zero-order valence-electron chi connectivity index (χ0n) is 19.0. The van der Waals surface area contributed by atoms with E-state index in [1.165, 1.54) is 7.05 Å². The molecule has 6 N–H and O–H groups in total. The number of hydrogen-bond donors (Lipinski definition) is 4. The van der Waals surface area contributed by atoms with Crippen LogP contribution in [0.1, 0.15) is 49.3 Å². The first kappa shape index (κ1) is 26.2. The lowest BCUT2D eigenvalue weighted by Gasteiger charge is -2.24. The van der Waals surface area contributed by atoms with Gasteiger partial charge in [0.15, 0.2) is 0 Å². The topological polar surface area (TPSA) is 172 Å². The van der Waals surface area contributed by atoms with Crippen LogP contribution in [0.2, 0.25) is 0 Å². The number of hydroxylamine groups is 2. The van der Waals surface area contributed by atoms with Crippen LogP contribution in [0.15, 0.2) is 24.3 Å². The number of nitrogen functional groups attached to an aromatic ring is 1. The lowest BCUT2D eigenvalue weighted by atomic mass is 9.97. The summed E-state index contributed by atoms with van der Waals surface area (Å²) in [7, 11) is 3.07. The molecule has 0 aliphatic carbocycles. The maximum Gasteiger partial charge on any atom is 0.410 e. The number of Topliss-reactive ketones (excluding diaryl/α,β-unsaturated/α-hetero) is 1. The number of nitrogens with two attached hydrogens (primary N) is 2. The van der Waals surface area contributed by atoms with Crippen LogP contribution in [0.25, 0.3) is 0 Å². The van der Waals surface area contributed by atoms with Gasteiger partial charge in [-0.2, -0.15) is 5.06 Å². The van der Waals surface area contributed by atoms with Crippen molar-refractivity contribution in [3.63, 3.8) is 0 Å². The molecule has 1 fully saturated rings. The van der Waals surface area contributed by atoms with Gasteiger partial charge in [0.2, 0.25) is 0 Å². The van der Waals surface area contributed by atoms with Crippen LogP contribution >= 0.6 is 0 Å². The summed E-state index contributed by atoms with van der Waals surface area (Å²) in [4.78, 5) is 43.1. The van der Waals surface area contributed by atoms with E-state index in [1.807, 2.05) is 12.1 Å². The molecule has 0 aromatic heterocycles. The predicted molar refractivity (Wildman–Crippen MR) is 121 cm³/mol. The van der Waals surface area contributed by atoms with Gasteiger partial charge in [0.05, 0.1) is 18.8 Å². The summed E-state index contributed by atoms with van der Waals surface area (Å²) in [6.07, 6.45) is 0.285. The highest BCUT2D eigenvalue weighted by Gasteiger charge is 2.35. The summed E-state index contributed by atoms with van der Waals surface area (Å²) in [5, 5.41) is 18.7. The third kappa shape index (κ3) is 7.52. The van der Waals surface area contributed by atoms with Crippen LogP contribution in [-0.4, -0.2) is 78.1 Å². The molecule has 1 aliphatic rings. The van der Waals surface area contributed by atoms with Gasteiger partial charge in [-0.15, -0.1) is 0 Å². The fraction of sp³-hybridized carbons (Fsp3) is 0.545. The molecule has 0 bridgehead atoms. The van der Waals surface area contributed by atoms with Crippen molar-refractivity contribution in [1.29, 1.82) is 5.41 Å². The van der Waals surface area contributed by atoms with Gasteiger partial charge in [0.25, 0.3) is 0 Å². The Hall–Kier alpha value is -3.02. The van der Waals surface area contributed by atoms with Crippen LogP contribution < -0.4 is 11.5 Å². The van der Waals surface area contributed by atoms with Gasteiger partial charge in [-0.05, 0) is 31.4 Å². The Balaban J connectivity index is 1.91. The molecule has 1 aromatic rings. The Morgan fingerprint density at radius 2 is 1.97 bits per heavy atom. The molecule has 0 unspecified atom stereocenters. The maximum absolute atomic E-state index is 12.6. The van der Waals surface area contributed by atoms with Crippen molar-refractivity contribution in [3.8, 4) is 0 Å². The minimum absolute atomic E-state index is 0.0153. The van der Waals surface area contributed by atoms with Crippen molar-refractivity contribution in [2.24, 2.45) is 11.5 Å². The highest BCUT2D eigenvalue weighted by molar-refractivity contribution is 5.94. The Bertz CT molecular complexity index is 846. The number of carboxylic acids is 1. The zero-order chi connectivity index (χ0) is 24.5. The Morgan fingerprint density at radius 3 is 2.55 bits per heavy atom. The lowest BCUT2D eigenvalue weighted by Crippen LogP contribution is -2.44. The molecule has 3 atom stereocenters.